The molecule has 0 saturated heterocycles. The fourth-order valence-corrected chi connectivity index (χ4v) is 3.59. The summed E-state index contributed by atoms with van der Waals surface area (Å²) in [5.41, 5.74) is 2.71. The van der Waals surface area contributed by atoms with Crippen LogP contribution in [0.1, 0.15) is 31.9 Å². The summed E-state index contributed by atoms with van der Waals surface area (Å²) in [6.45, 7) is 6.71. The number of anilines is 1. The molecule has 2 rings (SSSR count). The maximum atomic E-state index is 11.9. The molecule has 100 valence electrons. The summed E-state index contributed by atoms with van der Waals surface area (Å²) in [5, 5.41) is 0.675. The number of nitrogens with zero attached hydrogens (tertiary/aromatic N) is 1. The molecule has 0 atom stereocenters. The van der Waals surface area contributed by atoms with Gasteiger partial charge in [0, 0.05) is 11.6 Å². The van der Waals surface area contributed by atoms with Gasteiger partial charge in [0.1, 0.15) is 0 Å². The molecule has 1 heterocycles. The Labute approximate surface area is 114 Å². The van der Waals surface area contributed by atoms with Gasteiger partial charge >= 0.3 is 0 Å². The zero-order chi connectivity index (χ0) is 13.7. The van der Waals surface area contributed by atoms with Gasteiger partial charge in [0.15, 0.2) is 0 Å². The molecule has 0 aliphatic carbocycles. The number of benzene rings is 1. The third-order valence-electron chi connectivity index (χ3n) is 3.20. The van der Waals surface area contributed by atoms with E-state index in [1.54, 1.807) is 0 Å². The van der Waals surface area contributed by atoms with Crippen molar-refractivity contribution in [2.24, 2.45) is 0 Å². The maximum Gasteiger partial charge on any atom is 0.232 e. The van der Waals surface area contributed by atoms with Crippen LogP contribution in [0.25, 0.3) is 0 Å². The predicted octanol–water partition coefficient (Wildman–Crippen LogP) is 2.96. The van der Waals surface area contributed by atoms with E-state index in [1.165, 1.54) is 10.6 Å². The average molecular weight is 288 g/mol. The number of hydrogen-bond acceptors (Lipinski definition) is 2. The van der Waals surface area contributed by atoms with Crippen LogP contribution in [0.2, 0.25) is 5.02 Å². The average Bonchev–Trinajstić information content (AvgIpc) is 2.57. The standard InChI is InChI=1S/C13H18ClNO2S/c1-13(2,3)11-8-10(14)7-9-5-6-15(12(9)11)18(4,16)17/h7-8H,5-6H2,1-4H3. The zero-order valence-electron chi connectivity index (χ0n) is 11.1. The Morgan fingerprint density at radius 1 is 1.28 bits per heavy atom. The molecule has 1 aromatic carbocycles. The summed E-state index contributed by atoms with van der Waals surface area (Å²) in [6, 6.07) is 3.75. The normalized spacial score (nSPS) is 15.9. The molecule has 0 fully saturated rings. The third kappa shape index (κ3) is 2.36. The van der Waals surface area contributed by atoms with Gasteiger partial charge in [-0.15, -0.1) is 0 Å². The zero-order valence-corrected chi connectivity index (χ0v) is 12.7. The van der Waals surface area contributed by atoms with Crippen molar-refractivity contribution in [1.82, 2.24) is 0 Å². The molecular weight excluding hydrogens is 270 g/mol. The number of hydrogen-bond donors (Lipinski definition) is 0. The monoisotopic (exact) mass is 287 g/mol. The van der Waals surface area contributed by atoms with E-state index < -0.39 is 10.0 Å². The lowest BCUT2D eigenvalue weighted by atomic mass is 9.85. The van der Waals surface area contributed by atoms with Crippen LogP contribution in [0.4, 0.5) is 5.69 Å². The van der Waals surface area contributed by atoms with E-state index in [0.717, 1.165) is 23.2 Å². The number of fused-ring (bicyclic) bond motifs is 1. The van der Waals surface area contributed by atoms with E-state index in [1.807, 2.05) is 12.1 Å². The molecule has 1 aromatic rings. The molecule has 0 radical (unpaired) electrons. The van der Waals surface area contributed by atoms with Crippen LogP contribution < -0.4 is 4.31 Å². The van der Waals surface area contributed by atoms with Crippen LogP contribution in [-0.4, -0.2) is 21.2 Å². The number of sulfonamides is 1. The van der Waals surface area contributed by atoms with Crippen molar-refractivity contribution in [3.05, 3.63) is 28.3 Å². The molecule has 3 nitrogen and oxygen atoms in total. The maximum absolute atomic E-state index is 11.9. The summed E-state index contributed by atoms with van der Waals surface area (Å²) >= 11 is 6.13. The second kappa shape index (κ2) is 4.14. The lowest BCUT2D eigenvalue weighted by molar-refractivity contribution is 0.586. The van der Waals surface area contributed by atoms with E-state index in [-0.39, 0.29) is 5.41 Å². The fraction of sp³-hybridized carbons (Fsp3) is 0.538. The molecule has 0 bridgehead atoms. The molecule has 0 saturated carbocycles. The molecule has 5 heteroatoms. The van der Waals surface area contributed by atoms with E-state index in [4.69, 9.17) is 11.6 Å². The molecular formula is C13H18ClNO2S. The molecule has 0 amide bonds. The van der Waals surface area contributed by atoms with Crippen molar-refractivity contribution >= 4 is 27.3 Å². The fourth-order valence-electron chi connectivity index (χ4n) is 2.38. The highest BCUT2D eigenvalue weighted by Gasteiger charge is 2.32. The molecule has 18 heavy (non-hydrogen) atoms. The molecule has 1 aliphatic heterocycles. The number of rotatable bonds is 1. The minimum absolute atomic E-state index is 0.137. The van der Waals surface area contributed by atoms with Crippen LogP contribution in [-0.2, 0) is 21.9 Å². The Bertz CT molecular complexity index is 588. The highest BCUT2D eigenvalue weighted by Crippen LogP contribution is 2.41. The first-order chi connectivity index (χ1) is 8.10. The van der Waals surface area contributed by atoms with Crippen LogP contribution >= 0.6 is 11.6 Å². The van der Waals surface area contributed by atoms with Crippen LogP contribution in [0, 0.1) is 0 Å². The van der Waals surface area contributed by atoms with Gasteiger partial charge in [0.25, 0.3) is 0 Å². The molecule has 0 aromatic heterocycles. The topological polar surface area (TPSA) is 37.4 Å². The first-order valence-corrected chi connectivity index (χ1v) is 8.14. The van der Waals surface area contributed by atoms with Crippen LogP contribution in [0.5, 0.6) is 0 Å². The first-order valence-electron chi connectivity index (χ1n) is 5.91. The van der Waals surface area contributed by atoms with Gasteiger partial charge in [-0.25, -0.2) is 8.42 Å². The summed E-state index contributed by atoms with van der Waals surface area (Å²) in [7, 11) is -3.22. The Morgan fingerprint density at radius 2 is 1.89 bits per heavy atom. The Morgan fingerprint density at radius 3 is 2.39 bits per heavy atom. The van der Waals surface area contributed by atoms with E-state index >= 15 is 0 Å². The van der Waals surface area contributed by atoms with E-state index in [2.05, 4.69) is 20.8 Å². The smallest absolute Gasteiger partial charge is 0.232 e. The minimum atomic E-state index is -3.22. The SMILES string of the molecule is CC(C)(C)c1cc(Cl)cc2c1N(S(C)(=O)=O)CC2. The van der Waals surface area contributed by atoms with Gasteiger partial charge in [0.05, 0.1) is 11.9 Å². The van der Waals surface area contributed by atoms with Crippen molar-refractivity contribution in [3.63, 3.8) is 0 Å². The Hall–Kier alpha value is -0.740. The highest BCUT2D eigenvalue weighted by molar-refractivity contribution is 7.92. The third-order valence-corrected chi connectivity index (χ3v) is 4.58. The largest absolute Gasteiger partial charge is 0.270 e. The minimum Gasteiger partial charge on any atom is -0.270 e. The lowest BCUT2D eigenvalue weighted by Gasteiger charge is -2.27. The lowest BCUT2D eigenvalue weighted by Crippen LogP contribution is -2.30. The van der Waals surface area contributed by atoms with Crippen molar-refractivity contribution in [2.45, 2.75) is 32.6 Å². The number of halogens is 1. The Balaban J connectivity index is 2.71. The van der Waals surface area contributed by atoms with Crippen LogP contribution in [0.3, 0.4) is 0 Å². The van der Waals surface area contributed by atoms with Gasteiger partial charge in [-0.2, -0.15) is 0 Å². The highest BCUT2D eigenvalue weighted by atomic mass is 35.5. The second-order valence-electron chi connectivity index (χ2n) is 5.80. The van der Waals surface area contributed by atoms with Crippen molar-refractivity contribution < 1.29 is 8.42 Å². The van der Waals surface area contributed by atoms with Gasteiger partial charge in [-0.1, -0.05) is 32.4 Å². The second-order valence-corrected chi connectivity index (χ2v) is 8.14. The predicted molar refractivity (Wildman–Crippen MR) is 76.0 cm³/mol. The van der Waals surface area contributed by atoms with Crippen molar-refractivity contribution in [3.8, 4) is 0 Å². The summed E-state index contributed by atoms with van der Waals surface area (Å²) in [5.74, 6) is 0. The van der Waals surface area contributed by atoms with Crippen molar-refractivity contribution in [1.29, 1.82) is 0 Å². The molecule has 0 unspecified atom stereocenters. The van der Waals surface area contributed by atoms with E-state index in [0.29, 0.717) is 11.6 Å². The van der Waals surface area contributed by atoms with E-state index in [9.17, 15) is 8.42 Å². The van der Waals surface area contributed by atoms with Gasteiger partial charge in [-0.05, 0) is 35.1 Å². The molecule has 0 N–H and O–H groups in total. The molecule has 1 aliphatic rings. The first kappa shape index (κ1) is 13.7. The summed E-state index contributed by atoms with van der Waals surface area (Å²) in [4.78, 5) is 0. The summed E-state index contributed by atoms with van der Waals surface area (Å²) < 4.78 is 25.2. The quantitative estimate of drug-likeness (QED) is 0.796. The van der Waals surface area contributed by atoms with Crippen LogP contribution in [0.15, 0.2) is 12.1 Å². The van der Waals surface area contributed by atoms with Crippen molar-refractivity contribution in [2.75, 3.05) is 17.1 Å². The molecule has 0 spiro atoms. The summed E-state index contributed by atoms with van der Waals surface area (Å²) in [6.07, 6.45) is 1.98. The van der Waals surface area contributed by atoms with Gasteiger partial charge in [-0.3, -0.25) is 4.31 Å². The van der Waals surface area contributed by atoms with Gasteiger partial charge < -0.3 is 0 Å². The Kier molecular flexibility index (Phi) is 3.14. The van der Waals surface area contributed by atoms with Gasteiger partial charge in [0.2, 0.25) is 10.0 Å².